The fourth-order valence-electron chi connectivity index (χ4n) is 3.00. The van der Waals surface area contributed by atoms with Gasteiger partial charge in [-0.15, -0.1) is 0 Å². The molecular weight excluding hydrogens is 228 g/mol. The van der Waals surface area contributed by atoms with Crippen LogP contribution >= 0.6 is 0 Å². The van der Waals surface area contributed by atoms with Crippen molar-refractivity contribution < 1.29 is 9.53 Å². The Balaban J connectivity index is 1.86. The van der Waals surface area contributed by atoms with E-state index >= 15 is 0 Å². The zero-order valence-electron chi connectivity index (χ0n) is 11.7. The highest BCUT2D eigenvalue weighted by atomic mass is 16.5. The van der Waals surface area contributed by atoms with Crippen LogP contribution in [0.3, 0.4) is 0 Å². The number of amides is 1. The summed E-state index contributed by atoms with van der Waals surface area (Å²) in [5.41, 5.74) is -0.359. The predicted molar refractivity (Wildman–Crippen MR) is 71.5 cm³/mol. The molecule has 0 bridgehead atoms. The molecule has 1 N–H and O–H groups in total. The van der Waals surface area contributed by atoms with Crippen LogP contribution in [-0.2, 0) is 9.53 Å². The highest BCUT2D eigenvalue weighted by molar-refractivity contribution is 5.85. The first-order chi connectivity index (χ1) is 8.62. The van der Waals surface area contributed by atoms with E-state index in [0.717, 1.165) is 45.4 Å². The fraction of sp³-hybridized carbons (Fsp3) is 0.929. The highest BCUT2D eigenvalue weighted by Crippen LogP contribution is 2.22. The van der Waals surface area contributed by atoms with Crippen LogP contribution in [0.1, 0.15) is 45.4 Å². The van der Waals surface area contributed by atoms with Crippen LogP contribution in [0.5, 0.6) is 0 Å². The molecule has 0 aliphatic carbocycles. The molecule has 2 saturated heterocycles. The minimum atomic E-state index is -0.359. The van der Waals surface area contributed by atoms with Crippen LogP contribution in [0.2, 0.25) is 0 Å². The standard InChI is InChI=1S/C14H26N2O2/c1-14(8-4-5-9-15-14)13(17)16(2)11-12-7-3-6-10-18-12/h12,15H,3-11H2,1-2H3. The molecule has 0 aromatic heterocycles. The number of piperidine rings is 1. The van der Waals surface area contributed by atoms with Gasteiger partial charge in [-0.25, -0.2) is 0 Å². The van der Waals surface area contributed by atoms with Gasteiger partial charge in [0.25, 0.3) is 0 Å². The van der Waals surface area contributed by atoms with Gasteiger partial charge in [0.05, 0.1) is 11.6 Å². The van der Waals surface area contributed by atoms with Gasteiger partial charge in [-0.1, -0.05) is 0 Å². The molecule has 2 aliphatic heterocycles. The minimum Gasteiger partial charge on any atom is -0.376 e. The van der Waals surface area contributed by atoms with E-state index in [1.165, 1.54) is 12.8 Å². The van der Waals surface area contributed by atoms with Gasteiger partial charge in [0, 0.05) is 20.2 Å². The van der Waals surface area contributed by atoms with Gasteiger partial charge in [-0.05, 0) is 52.0 Å². The second kappa shape index (κ2) is 6.02. The summed E-state index contributed by atoms with van der Waals surface area (Å²) in [6, 6.07) is 0. The Kier molecular flexibility index (Phi) is 4.62. The van der Waals surface area contributed by atoms with E-state index in [2.05, 4.69) is 5.32 Å². The minimum absolute atomic E-state index is 0.219. The molecule has 18 heavy (non-hydrogen) atoms. The highest BCUT2D eigenvalue weighted by Gasteiger charge is 2.36. The van der Waals surface area contributed by atoms with Crippen molar-refractivity contribution in [3.8, 4) is 0 Å². The Morgan fingerprint density at radius 1 is 1.39 bits per heavy atom. The van der Waals surface area contributed by atoms with E-state index in [1.807, 2.05) is 18.9 Å². The number of likely N-dealkylation sites (N-methyl/N-ethyl adjacent to an activating group) is 1. The summed E-state index contributed by atoms with van der Waals surface area (Å²) >= 11 is 0. The lowest BCUT2D eigenvalue weighted by atomic mass is 9.89. The molecule has 4 nitrogen and oxygen atoms in total. The lowest BCUT2D eigenvalue weighted by molar-refractivity contribution is -0.139. The third kappa shape index (κ3) is 3.23. The molecule has 1 amide bonds. The molecule has 0 spiro atoms. The topological polar surface area (TPSA) is 41.6 Å². The summed E-state index contributed by atoms with van der Waals surface area (Å²) < 4.78 is 5.70. The SMILES string of the molecule is CN(CC1CCCCO1)C(=O)C1(C)CCCCN1. The van der Waals surface area contributed by atoms with Crippen molar-refractivity contribution in [2.75, 3.05) is 26.7 Å². The van der Waals surface area contributed by atoms with Gasteiger partial charge in [0.2, 0.25) is 5.91 Å². The number of nitrogens with zero attached hydrogens (tertiary/aromatic N) is 1. The molecule has 2 fully saturated rings. The summed E-state index contributed by atoms with van der Waals surface area (Å²) in [6.45, 7) is 4.57. The maximum absolute atomic E-state index is 12.5. The Morgan fingerprint density at radius 2 is 2.22 bits per heavy atom. The van der Waals surface area contributed by atoms with Crippen LogP contribution < -0.4 is 5.32 Å². The van der Waals surface area contributed by atoms with Crippen molar-refractivity contribution in [2.45, 2.75) is 57.1 Å². The Labute approximate surface area is 110 Å². The molecule has 2 heterocycles. The third-order valence-corrected chi connectivity index (χ3v) is 4.19. The Bertz CT molecular complexity index is 282. The van der Waals surface area contributed by atoms with Gasteiger partial charge in [0.15, 0.2) is 0 Å². The zero-order chi connectivity index (χ0) is 13.0. The normalized spacial score (nSPS) is 33.1. The molecule has 2 unspecified atom stereocenters. The number of hydrogen-bond acceptors (Lipinski definition) is 3. The van der Waals surface area contributed by atoms with Crippen LogP contribution in [0, 0.1) is 0 Å². The van der Waals surface area contributed by atoms with Crippen LogP contribution in [0.15, 0.2) is 0 Å². The van der Waals surface area contributed by atoms with E-state index in [-0.39, 0.29) is 17.6 Å². The molecule has 2 aliphatic rings. The molecule has 2 atom stereocenters. The average Bonchev–Trinajstić information content (AvgIpc) is 2.40. The van der Waals surface area contributed by atoms with Gasteiger partial charge in [-0.3, -0.25) is 4.79 Å². The quantitative estimate of drug-likeness (QED) is 0.831. The van der Waals surface area contributed by atoms with E-state index in [4.69, 9.17) is 4.74 Å². The van der Waals surface area contributed by atoms with Gasteiger partial charge in [-0.2, -0.15) is 0 Å². The van der Waals surface area contributed by atoms with Gasteiger partial charge < -0.3 is 15.0 Å². The summed E-state index contributed by atoms with van der Waals surface area (Å²) in [5, 5.41) is 3.38. The predicted octanol–water partition coefficient (Wildman–Crippen LogP) is 1.55. The number of ether oxygens (including phenoxy) is 1. The molecule has 0 aromatic carbocycles. The summed E-state index contributed by atoms with van der Waals surface area (Å²) in [4.78, 5) is 14.4. The van der Waals surface area contributed by atoms with Crippen molar-refractivity contribution in [3.63, 3.8) is 0 Å². The molecule has 0 aromatic rings. The van der Waals surface area contributed by atoms with E-state index in [0.29, 0.717) is 0 Å². The number of rotatable bonds is 3. The monoisotopic (exact) mass is 254 g/mol. The summed E-state index contributed by atoms with van der Waals surface area (Å²) in [6.07, 6.45) is 6.97. The van der Waals surface area contributed by atoms with Crippen LogP contribution in [-0.4, -0.2) is 49.2 Å². The third-order valence-electron chi connectivity index (χ3n) is 4.19. The van der Waals surface area contributed by atoms with Crippen molar-refractivity contribution in [1.82, 2.24) is 10.2 Å². The first-order valence-corrected chi connectivity index (χ1v) is 7.24. The van der Waals surface area contributed by atoms with Crippen LogP contribution in [0.25, 0.3) is 0 Å². The molecular formula is C14H26N2O2. The van der Waals surface area contributed by atoms with E-state index in [1.54, 1.807) is 0 Å². The van der Waals surface area contributed by atoms with Crippen molar-refractivity contribution in [3.05, 3.63) is 0 Å². The first-order valence-electron chi connectivity index (χ1n) is 7.24. The summed E-state index contributed by atoms with van der Waals surface area (Å²) in [7, 11) is 1.90. The number of carbonyl (C=O) groups is 1. The van der Waals surface area contributed by atoms with Gasteiger partial charge in [0.1, 0.15) is 0 Å². The lowest BCUT2D eigenvalue weighted by Crippen LogP contribution is -2.58. The second-order valence-corrected chi connectivity index (χ2v) is 5.89. The molecule has 0 radical (unpaired) electrons. The van der Waals surface area contributed by atoms with E-state index in [9.17, 15) is 4.79 Å². The van der Waals surface area contributed by atoms with Gasteiger partial charge >= 0.3 is 0 Å². The maximum Gasteiger partial charge on any atom is 0.242 e. The second-order valence-electron chi connectivity index (χ2n) is 5.89. The molecule has 2 rings (SSSR count). The van der Waals surface area contributed by atoms with Crippen molar-refractivity contribution >= 4 is 5.91 Å². The smallest absolute Gasteiger partial charge is 0.242 e. The molecule has 0 saturated carbocycles. The molecule has 104 valence electrons. The molecule has 4 heteroatoms. The maximum atomic E-state index is 12.5. The number of hydrogen-bond donors (Lipinski definition) is 1. The lowest BCUT2D eigenvalue weighted by Gasteiger charge is -2.38. The van der Waals surface area contributed by atoms with Crippen LogP contribution in [0.4, 0.5) is 0 Å². The summed E-state index contributed by atoms with van der Waals surface area (Å²) in [5.74, 6) is 0.219. The van der Waals surface area contributed by atoms with Crippen molar-refractivity contribution in [1.29, 1.82) is 0 Å². The first kappa shape index (κ1) is 13.8. The fourth-order valence-corrected chi connectivity index (χ4v) is 3.00. The zero-order valence-corrected chi connectivity index (χ0v) is 11.7. The average molecular weight is 254 g/mol. The Morgan fingerprint density at radius 3 is 2.83 bits per heavy atom. The largest absolute Gasteiger partial charge is 0.376 e. The number of nitrogens with one attached hydrogen (secondary N) is 1. The Hall–Kier alpha value is -0.610. The van der Waals surface area contributed by atoms with Crippen molar-refractivity contribution in [2.24, 2.45) is 0 Å². The number of carbonyl (C=O) groups excluding carboxylic acids is 1. The van der Waals surface area contributed by atoms with E-state index < -0.39 is 0 Å².